The third kappa shape index (κ3) is 4.74. The molecular weight excluding hydrogens is 306 g/mol. The minimum atomic E-state index is -0.381. The predicted octanol–water partition coefficient (Wildman–Crippen LogP) is 2.93. The molecule has 0 N–H and O–H groups in total. The lowest BCUT2D eigenvalue weighted by molar-refractivity contribution is -0.155. The molecule has 6 heteroatoms. The molecule has 116 valence electrons. The summed E-state index contributed by atoms with van der Waals surface area (Å²) in [5, 5.41) is 2.04. The van der Waals surface area contributed by atoms with Crippen LogP contribution in [0.5, 0.6) is 0 Å². The van der Waals surface area contributed by atoms with Gasteiger partial charge in [0.2, 0.25) is 5.91 Å². The molecule has 0 aliphatic carbocycles. The van der Waals surface area contributed by atoms with Gasteiger partial charge in [0, 0.05) is 17.2 Å². The summed E-state index contributed by atoms with van der Waals surface area (Å²) >= 11 is 3.31. The summed E-state index contributed by atoms with van der Waals surface area (Å²) in [5.41, 5.74) is 0. The molecule has 1 aliphatic heterocycles. The van der Waals surface area contributed by atoms with E-state index in [-0.39, 0.29) is 17.9 Å². The van der Waals surface area contributed by atoms with Crippen LogP contribution in [0, 0.1) is 0 Å². The molecule has 0 bridgehead atoms. The highest BCUT2D eigenvalue weighted by molar-refractivity contribution is 7.99. The standard InChI is InChI=1S/C15H21NO3S2/c1-2-19-15(18)13-7-3-4-8-16(13)14(17)11-20-10-12-6-5-9-21-12/h5-6,9,13H,2-4,7-8,10-11H2,1H3. The molecule has 21 heavy (non-hydrogen) atoms. The van der Waals surface area contributed by atoms with Crippen LogP contribution in [0.25, 0.3) is 0 Å². The van der Waals surface area contributed by atoms with Gasteiger partial charge in [-0.25, -0.2) is 4.79 Å². The van der Waals surface area contributed by atoms with Crippen molar-refractivity contribution in [2.45, 2.75) is 38.0 Å². The van der Waals surface area contributed by atoms with Gasteiger partial charge in [-0.1, -0.05) is 6.07 Å². The Kier molecular flexibility index (Phi) is 6.57. The van der Waals surface area contributed by atoms with Crippen molar-refractivity contribution in [1.29, 1.82) is 0 Å². The highest BCUT2D eigenvalue weighted by atomic mass is 32.2. The Labute approximate surface area is 133 Å². The molecule has 1 saturated heterocycles. The van der Waals surface area contributed by atoms with E-state index in [2.05, 4.69) is 6.07 Å². The zero-order valence-electron chi connectivity index (χ0n) is 12.2. The lowest BCUT2D eigenvalue weighted by Gasteiger charge is -2.34. The molecule has 1 aliphatic rings. The Hall–Kier alpha value is -1.01. The summed E-state index contributed by atoms with van der Waals surface area (Å²) in [7, 11) is 0. The van der Waals surface area contributed by atoms with Crippen molar-refractivity contribution in [1.82, 2.24) is 4.90 Å². The van der Waals surface area contributed by atoms with E-state index in [0.717, 1.165) is 25.0 Å². The molecule has 4 nitrogen and oxygen atoms in total. The van der Waals surface area contributed by atoms with Crippen LogP contribution in [0.15, 0.2) is 17.5 Å². The van der Waals surface area contributed by atoms with Gasteiger partial charge in [-0.3, -0.25) is 4.79 Å². The molecule has 1 aromatic heterocycles. The molecule has 1 amide bonds. The smallest absolute Gasteiger partial charge is 0.328 e. The Morgan fingerprint density at radius 2 is 2.33 bits per heavy atom. The highest BCUT2D eigenvalue weighted by Crippen LogP contribution is 2.21. The number of carbonyl (C=O) groups excluding carboxylic acids is 2. The van der Waals surface area contributed by atoms with Crippen molar-refractivity contribution < 1.29 is 14.3 Å². The number of amides is 1. The van der Waals surface area contributed by atoms with Crippen LogP contribution in [0.1, 0.15) is 31.1 Å². The number of thioether (sulfide) groups is 1. The van der Waals surface area contributed by atoms with Crippen molar-refractivity contribution in [2.24, 2.45) is 0 Å². The fraction of sp³-hybridized carbons (Fsp3) is 0.600. The van der Waals surface area contributed by atoms with Crippen LogP contribution in [-0.2, 0) is 20.1 Å². The van der Waals surface area contributed by atoms with Crippen LogP contribution in [0.4, 0.5) is 0 Å². The number of thiophene rings is 1. The third-order valence-corrected chi connectivity index (χ3v) is 5.46. The lowest BCUT2D eigenvalue weighted by Crippen LogP contribution is -2.49. The number of ether oxygens (including phenoxy) is 1. The fourth-order valence-electron chi connectivity index (χ4n) is 2.43. The zero-order valence-corrected chi connectivity index (χ0v) is 13.9. The highest BCUT2D eigenvalue weighted by Gasteiger charge is 2.32. The van der Waals surface area contributed by atoms with E-state index in [1.807, 2.05) is 11.4 Å². The van der Waals surface area contributed by atoms with Gasteiger partial charge in [0.05, 0.1) is 12.4 Å². The maximum Gasteiger partial charge on any atom is 0.328 e. The lowest BCUT2D eigenvalue weighted by atomic mass is 10.0. The molecule has 2 rings (SSSR count). The average molecular weight is 327 g/mol. The topological polar surface area (TPSA) is 46.6 Å². The van der Waals surface area contributed by atoms with Crippen LogP contribution in [-0.4, -0.2) is 41.7 Å². The molecule has 0 radical (unpaired) electrons. The number of hydrogen-bond donors (Lipinski definition) is 0. The molecular formula is C15H21NO3S2. The van der Waals surface area contributed by atoms with Gasteiger partial charge in [-0.05, 0) is 37.6 Å². The van der Waals surface area contributed by atoms with Gasteiger partial charge in [0.15, 0.2) is 0 Å². The summed E-state index contributed by atoms with van der Waals surface area (Å²) in [6.07, 6.45) is 2.67. The molecule has 1 aromatic rings. The minimum absolute atomic E-state index is 0.0503. The van der Waals surface area contributed by atoms with E-state index in [9.17, 15) is 9.59 Å². The van der Waals surface area contributed by atoms with Crippen LogP contribution >= 0.6 is 23.1 Å². The predicted molar refractivity (Wildman–Crippen MR) is 86.5 cm³/mol. The van der Waals surface area contributed by atoms with Gasteiger partial charge >= 0.3 is 5.97 Å². The fourth-order valence-corrected chi connectivity index (χ4v) is 4.18. The molecule has 0 saturated carbocycles. The van der Waals surface area contributed by atoms with Crippen LogP contribution in [0.3, 0.4) is 0 Å². The number of nitrogens with zero attached hydrogens (tertiary/aromatic N) is 1. The van der Waals surface area contributed by atoms with Crippen molar-refractivity contribution in [3.05, 3.63) is 22.4 Å². The first-order valence-electron chi connectivity index (χ1n) is 7.28. The van der Waals surface area contributed by atoms with Gasteiger partial charge in [0.1, 0.15) is 6.04 Å². The zero-order chi connectivity index (χ0) is 15.1. The summed E-state index contributed by atoms with van der Waals surface area (Å²) in [4.78, 5) is 27.3. The van der Waals surface area contributed by atoms with E-state index in [4.69, 9.17) is 4.74 Å². The summed E-state index contributed by atoms with van der Waals surface area (Å²) < 4.78 is 5.09. The molecule has 2 heterocycles. The third-order valence-electron chi connectivity index (χ3n) is 3.43. The monoisotopic (exact) mass is 327 g/mol. The van der Waals surface area contributed by atoms with Crippen molar-refractivity contribution in [2.75, 3.05) is 18.9 Å². The van der Waals surface area contributed by atoms with E-state index < -0.39 is 0 Å². The first-order valence-corrected chi connectivity index (χ1v) is 9.32. The normalized spacial score (nSPS) is 18.5. The van der Waals surface area contributed by atoms with Gasteiger partial charge in [-0.15, -0.1) is 23.1 Å². The van der Waals surface area contributed by atoms with E-state index in [1.165, 1.54) is 4.88 Å². The molecule has 1 atom stereocenters. The van der Waals surface area contributed by atoms with Crippen molar-refractivity contribution in [3.8, 4) is 0 Å². The first kappa shape index (κ1) is 16.4. The summed E-state index contributed by atoms with van der Waals surface area (Å²) in [6, 6.07) is 3.71. The van der Waals surface area contributed by atoms with E-state index in [1.54, 1.807) is 34.9 Å². The summed E-state index contributed by atoms with van der Waals surface area (Å²) in [5.74, 6) is 1.07. The quantitative estimate of drug-likeness (QED) is 0.754. The van der Waals surface area contributed by atoms with Crippen molar-refractivity contribution in [3.63, 3.8) is 0 Å². The number of carbonyl (C=O) groups is 2. The SMILES string of the molecule is CCOC(=O)C1CCCCN1C(=O)CSCc1cccs1. The number of piperidine rings is 1. The minimum Gasteiger partial charge on any atom is -0.464 e. The van der Waals surface area contributed by atoms with Gasteiger partial charge in [0.25, 0.3) is 0 Å². The van der Waals surface area contributed by atoms with Crippen molar-refractivity contribution >= 4 is 35.0 Å². The average Bonchev–Trinajstić information content (AvgIpc) is 3.00. The molecule has 1 fully saturated rings. The second-order valence-corrected chi connectivity index (χ2v) is 6.94. The van der Waals surface area contributed by atoms with E-state index in [0.29, 0.717) is 18.9 Å². The molecule has 0 aromatic carbocycles. The Bertz CT molecular complexity index is 461. The Morgan fingerprint density at radius 1 is 1.48 bits per heavy atom. The van der Waals surface area contributed by atoms with Crippen LogP contribution in [0.2, 0.25) is 0 Å². The Balaban J connectivity index is 1.84. The van der Waals surface area contributed by atoms with E-state index >= 15 is 0 Å². The number of rotatable bonds is 6. The number of esters is 1. The molecule has 0 spiro atoms. The molecule has 1 unspecified atom stereocenters. The largest absolute Gasteiger partial charge is 0.464 e. The van der Waals surface area contributed by atoms with Crippen LogP contribution < -0.4 is 0 Å². The summed E-state index contributed by atoms with van der Waals surface area (Å²) in [6.45, 7) is 2.83. The number of likely N-dealkylation sites (tertiary alicyclic amines) is 1. The number of hydrogen-bond acceptors (Lipinski definition) is 5. The second kappa shape index (κ2) is 8.44. The van der Waals surface area contributed by atoms with Gasteiger partial charge in [-0.2, -0.15) is 0 Å². The maximum absolute atomic E-state index is 12.3. The second-order valence-electron chi connectivity index (χ2n) is 4.92. The van der Waals surface area contributed by atoms with Gasteiger partial charge < -0.3 is 9.64 Å². The Morgan fingerprint density at radius 3 is 3.05 bits per heavy atom. The maximum atomic E-state index is 12.3. The first-order chi connectivity index (χ1) is 10.2.